The Morgan fingerprint density at radius 1 is 1.42 bits per heavy atom. The fraction of sp³-hybridized carbons (Fsp3) is 0.667. The van der Waals surface area contributed by atoms with Gasteiger partial charge in [0.05, 0.1) is 6.54 Å². The summed E-state index contributed by atoms with van der Waals surface area (Å²) in [5.74, 6) is 5.44. The number of nitrogens with one attached hydrogen (secondary N) is 2. The predicted molar refractivity (Wildman–Crippen MR) is 49.7 cm³/mol. The summed E-state index contributed by atoms with van der Waals surface area (Å²) in [6, 6.07) is -0.176. The molecule has 0 bridgehead atoms. The van der Waals surface area contributed by atoms with Crippen molar-refractivity contribution in [2.45, 2.75) is 33.2 Å². The van der Waals surface area contributed by atoms with Crippen molar-refractivity contribution in [3.05, 3.63) is 0 Å². The minimum atomic E-state index is -0.191. The summed E-state index contributed by atoms with van der Waals surface area (Å²) in [6.07, 6.45) is 0. The van der Waals surface area contributed by atoms with Gasteiger partial charge in [0.25, 0.3) is 0 Å². The number of hydrogen-bond acceptors (Lipinski definition) is 1. The molecule has 0 atom stereocenters. The van der Waals surface area contributed by atoms with Crippen molar-refractivity contribution in [3.8, 4) is 11.8 Å². The van der Waals surface area contributed by atoms with Crippen molar-refractivity contribution in [1.29, 1.82) is 0 Å². The average molecular weight is 168 g/mol. The summed E-state index contributed by atoms with van der Waals surface area (Å²) in [6.45, 7) is 7.93. The van der Waals surface area contributed by atoms with E-state index in [1.54, 1.807) is 6.92 Å². The van der Waals surface area contributed by atoms with Crippen molar-refractivity contribution in [2.24, 2.45) is 0 Å². The van der Waals surface area contributed by atoms with Crippen LogP contribution in [0.1, 0.15) is 27.7 Å². The second-order valence-corrected chi connectivity index (χ2v) is 3.48. The lowest BCUT2D eigenvalue weighted by Gasteiger charge is -2.20. The van der Waals surface area contributed by atoms with Crippen LogP contribution >= 0.6 is 0 Å². The summed E-state index contributed by atoms with van der Waals surface area (Å²) >= 11 is 0. The summed E-state index contributed by atoms with van der Waals surface area (Å²) in [4.78, 5) is 11.0. The molecule has 12 heavy (non-hydrogen) atoms. The van der Waals surface area contributed by atoms with E-state index in [1.165, 1.54) is 0 Å². The summed E-state index contributed by atoms with van der Waals surface area (Å²) in [5, 5.41) is 5.38. The van der Waals surface area contributed by atoms with Crippen LogP contribution in [0.4, 0.5) is 4.79 Å². The number of amides is 2. The largest absolute Gasteiger partial charge is 0.334 e. The van der Waals surface area contributed by atoms with Gasteiger partial charge in [0.1, 0.15) is 0 Å². The van der Waals surface area contributed by atoms with Gasteiger partial charge in [0.2, 0.25) is 0 Å². The Bertz CT molecular complexity index is 205. The van der Waals surface area contributed by atoms with Gasteiger partial charge in [0.15, 0.2) is 0 Å². The summed E-state index contributed by atoms with van der Waals surface area (Å²) in [5.41, 5.74) is -0.191. The van der Waals surface area contributed by atoms with Gasteiger partial charge >= 0.3 is 6.03 Å². The lowest BCUT2D eigenvalue weighted by atomic mass is 10.1. The van der Waals surface area contributed by atoms with Crippen LogP contribution in [0.2, 0.25) is 0 Å². The Labute approximate surface area is 73.9 Å². The monoisotopic (exact) mass is 168 g/mol. The number of carbonyl (C=O) groups excluding carboxylic acids is 1. The maximum absolute atomic E-state index is 11.0. The van der Waals surface area contributed by atoms with Crippen molar-refractivity contribution in [1.82, 2.24) is 10.6 Å². The summed E-state index contributed by atoms with van der Waals surface area (Å²) < 4.78 is 0. The Kier molecular flexibility index (Phi) is 4.20. The van der Waals surface area contributed by atoms with Gasteiger partial charge in [-0.05, 0) is 27.7 Å². The van der Waals surface area contributed by atoms with Crippen LogP contribution in [-0.4, -0.2) is 18.1 Å². The number of rotatable bonds is 1. The third-order valence-corrected chi connectivity index (χ3v) is 1.00. The van der Waals surface area contributed by atoms with Crippen molar-refractivity contribution < 1.29 is 4.79 Å². The molecule has 0 aliphatic heterocycles. The number of hydrogen-bond donors (Lipinski definition) is 2. The van der Waals surface area contributed by atoms with E-state index < -0.39 is 0 Å². The van der Waals surface area contributed by atoms with Crippen molar-refractivity contribution in [3.63, 3.8) is 0 Å². The molecule has 0 aromatic carbocycles. The van der Waals surface area contributed by atoms with Gasteiger partial charge in [-0.3, -0.25) is 0 Å². The lowest BCUT2D eigenvalue weighted by Crippen LogP contribution is -2.46. The molecule has 3 nitrogen and oxygen atoms in total. The third kappa shape index (κ3) is 6.94. The molecule has 0 aromatic heterocycles. The first-order chi connectivity index (χ1) is 5.45. The second kappa shape index (κ2) is 4.66. The topological polar surface area (TPSA) is 41.1 Å². The molecule has 2 amide bonds. The highest BCUT2D eigenvalue weighted by Crippen LogP contribution is 1.96. The zero-order valence-corrected chi connectivity index (χ0v) is 8.12. The molecule has 2 N–H and O–H groups in total. The second-order valence-electron chi connectivity index (χ2n) is 3.48. The van der Waals surface area contributed by atoms with Gasteiger partial charge in [-0.2, -0.15) is 0 Å². The Morgan fingerprint density at radius 3 is 2.42 bits per heavy atom. The Morgan fingerprint density at radius 2 is 2.00 bits per heavy atom. The van der Waals surface area contributed by atoms with E-state index in [0.717, 1.165) is 0 Å². The number of urea groups is 1. The van der Waals surface area contributed by atoms with Gasteiger partial charge in [0, 0.05) is 5.54 Å². The number of carbonyl (C=O) groups is 1. The highest BCUT2D eigenvalue weighted by atomic mass is 16.2. The smallest absolute Gasteiger partial charge is 0.315 e. The first-order valence-electron chi connectivity index (χ1n) is 3.91. The molecular formula is C9H16N2O. The summed E-state index contributed by atoms with van der Waals surface area (Å²) in [7, 11) is 0. The Hall–Kier alpha value is -1.17. The van der Waals surface area contributed by atoms with Gasteiger partial charge in [-0.1, -0.05) is 5.92 Å². The van der Waals surface area contributed by atoms with Crippen LogP contribution in [-0.2, 0) is 0 Å². The fourth-order valence-corrected chi connectivity index (χ4v) is 0.598. The first-order valence-corrected chi connectivity index (χ1v) is 3.91. The molecular weight excluding hydrogens is 152 g/mol. The highest BCUT2D eigenvalue weighted by Gasteiger charge is 2.11. The van der Waals surface area contributed by atoms with Crippen molar-refractivity contribution in [2.75, 3.05) is 6.54 Å². The van der Waals surface area contributed by atoms with E-state index in [0.29, 0.717) is 6.54 Å². The van der Waals surface area contributed by atoms with Crippen LogP contribution in [0.3, 0.4) is 0 Å². The minimum Gasteiger partial charge on any atom is -0.334 e. The van der Waals surface area contributed by atoms with E-state index in [2.05, 4.69) is 22.5 Å². The van der Waals surface area contributed by atoms with E-state index >= 15 is 0 Å². The average Bonchev–Trinajstić information content (AvgIpc) is 1.84. The molecule has 0 spiro atoms. The van der Waals surface area contributed by atoms with Crippen LogP contribution in [0.25, 0.3) is 0 Å². The van der Waals surface area contributed by atoms with Crippen LogP contribution < -0.4 is 10.6 Å². The van der Waals surface area contributed by atoms with E-state index in [9.17, 15) is 4.79 Å². The van der Waals surface area contributed by atoms with E-state index in [1.807, 2.05) is 20.8 Å². The van der Waals surface area contributed by atoms with Crippen LogP contribution in [0.15, 0.2) is 0 Å². The highest BCUT2D eigenvalue weighted by molar-refractivity contribution is 5.74. The molecule has 0 aliphatic carbocycles. The van der Waals surface area contributed by atoms with Crippen LogP contribution in [0.5, 0.6) is 0 Å². The quantitative estimate of drug-likeness (QED) is 0.566. The standard InChI is InChI=1S/C9H16N2O/c1-5-6-7-10-8(12)11-9(2,3)4/h7H2,1-4H3,(H2,10,11,12). The van der Waals surface area contributed by atoms with Gasteiger partial charge in [-0.25, -0.2) is 4.79 Å². The zero-order valence-electron chi connectivity index (χ0n) is 8.12. The fourth-order valence-electron chi connectivity index (χ4n) is 0.598. The molecule has 0 radical (unpaired) electrons. The predicted octanol–water partition coefficient (Wildman–Crippen LogP) is 1.11. The molecule has 0 rings (SSSR count). The normalized spacial score (nSPS) is 9.67. The minimum absolute atomic E-state index is 0.176. The maximum atomic E-state index is 11.0. The Balaban J connectivity index is 3.66. The molecule has 0 fully saturated rings. The van der Waals surface area contributed by atoms with Crippen molar-refractivity contribution >= 4 is 6.03 Å². The molecule has 0 saturated carbocycles. The molecule has 0 aromatic rings. The SMILES string of the molecule is CC#CCNC(=O)NC(C)(C)C. The first kappa shape index (κ1) is 10.8. The molecule has 0 heterocycles. The van der Waals surface area contributed by atoms with E-state index in [4.69, 9.17) is 0 Å². The maximum Gasteiger partial charge on any atom is 0.315 e. The molecule has 0 saturated heterocycles. The molecule has 68 valence electrons. The lowest BCUT2D eigenvalue weighted by molar-refractivity contribution is 0.233. The molecule has 0 unspecified atom stereocenters. The molecule has 0 aliphatic rings. The van der Waals surface area contributed by atoms with Gasteiger partial charge < -0.3 is 10.6 Å². The zero-order chi connectivity index (χ0) is 9.61. The van der Waals surface area contributed by atoms with E-state index in [-0.39, 0.29) is 11.6 Å². The van der Waals surface area contributed by atoms with Gasteiger partial charge in [-0.15, -0.1) is 5.92 Å². The molecule has 3 heteroatoms. The third-order valence-electron chi connectivity index (χ3n) is 1.00. The van der Waals surface area contributed by atoms with Crippen LogP contribution in [0, 0.1) is 11.8 Å².